The largest absolute Gasteiger partial charge is 0.350 e. The second-order valence-corrected chi connectivity index (χ2v) is 3.86. The standard InChI is InChI=1S/C10H17O2/c1-8-7-11-10(12-8)9-5-3-2-4-6-9/h8-10H,1-7H2. The van der Waals surface area contributed by atoms with Gasteiger partial charge in [0, 0.05) is 5.92 Å². The summed E-state index contributed by atoms with van der Waals surface area (Å²) in [6.07, 6.45) is 6.75. The Morgan fingerprint density at radius 3 is 2.42 bits per heavy atom. The van der Waals surface area contributed by atoms with Gasteiger partial charge >= 0.3 is 0 Å². The molecule has 0 N–H and O–H groups in total. The minimum atomic E-state index is 0.0628. The molecule has 2 aliphatic rings. The fraction of sp³-hybridized carbons (Fsp3) is 0.900. The van der Waals surface area contributed by atoms with Crippen LogP contribution in [-0.4, -0.2) is 19.0 Å². The van der Waals surface area contributed by atoms with Crippen LogP contribution in [0.2, 0.25) is 0 Å². The van der Waals surface area contributed by atoms with Crippen molar-refractivity contribution in [3.8, 4) is 0 Å². The van der Waals surface area contributed by atoms with Gasteiger partial charge in [-0.3, -0.25) is 0 Å². The predicted octanol–water partition coefficient (Wildman–Crippen LogP) is 2.14. The van der Waals surface area contributed by atoms with Crippen LogP contribution in [0.1, 0.15) is 32.1 Å². The molecular formula is C10H17O2. The van der Waals surface area contributed by atoms with Crippen LogP contribution in [0.3, 0.4) is 0 Å². The monoisotopic (exact) mass is 169 g/mol. The van der Waals surface area contributed by atoms with Crippen molar-refractivity contribution in [3.63, 3.8) is 0 Å². The molecule has 2 atom stereocenters. The smallest absolute Gasteiger partial charge is 0.160 e. The molecule has 0 bridgehead atoms. The zero-order valence-electron chi connectivity index (χ0n) is 7.50. The lowest BCUT2D eigenvalue weighted by molar-refractivity contribution is -0.0996. The van der Waals surface area contributed by atoms with Gasteiger partial charge in [-0.15, -0.1) is 0 Å². The third-order valence-electron chi connectivity index (χ3n) is 2.81. The van der Waals surface area contributed by atoms with E-state index in [1.807, 2.05) is 0 Å². The Morgan fingerprint density at radius 1 is 1.08 bits per heavy atom. The van der Waals surface area contributed by atoms with Gasteiger partial charge in [-0.2, -0.15) is 0 Å². The second-order valence-electron chi connectivity index (χ2n) is 3.86. The van der Waals surface area contributed by atoms with E-state index in [0.29, 0.717) is 12.5 Å². The average Bonchev–Trinajstić information content (AvgIpc) is 2.54. The lowest BCUT2D eigenvalue weighted by Crippen LogP contribution is -2.24. The summed E-state index contributed by atoms with van der Waals surface area (Å²) >= 11 is 0. The first kappa shape index (κ1) is 8.52. The zero-order valence-corrected chi connectivity index (χ0v) is 7.50. The highest BCUT2D eigenvalue weighted by Gasteiger charge is 2.31. The zero-order chi connectivity index (χ0) is 8.39. The first-order valence-electron chi connectivity index (χ1n) is 4.96. The molecule has 2 unspecified atom stereocenters. The molecule has 69 valence electrons. The van der Waals surface area contributed by atoms with E-state index in [4.69, 9.17) is 9.47 Å². The summed E-state index contributed by atoms with van der Waals surface area (Å²) in [7, 11) is 0. The Morgan fingerprint density at radius 2 is 1.83 bits per heavy atom. The van der Waals surface area contributed by atoms with Crippen LogP contribution in [0.25, 0.3) is 0 Å². The summed E-state index contributed by atoms with van der Waals surface area (Å²) in [5.41, 5.74) is 0. The van der Waals surface area contributed by atoms with E-state index < -0.39 is 0 Å². The third-order valence-corrected chi connectivity index (χ3v) is 2.81. The molecule has 2 nitrogen and oxygen atoms in total. The first-order valence-corrected chi connectivity index (χ1v) is 4.96. The molecule has 0 aromatic rings. The highest BCUT2D eigenvalue weighted by Crippen LogP contribution is 2.31. The molecule has 1 aliphatic heterocycles. The minimum absolute atomic E-state index is 0.0628. The molecule has 2 rings (SSSR count). The molecule has 1 saturated carbocycles. The molecule has 1 heterocycles. The van der Waals surface area contributed by atoms with Crippen molar-refractivity contribution >= 4 is 0 Å². The van der Waals surface area contributed by atoms with Crippen LogP contribution in [0.5, 0.6) is 0 Å². The van der Waals surface area contributed by atoms with E-state index in [1.165, 1.54) is 32.1 Å². The maximum Gasteiger partial charge on any atom is 0.160 e. The molecule has 0 aromatic heterocycles. The Hall–Kier alpha value is -0.0800. The summed E-state index contributed by atoms with van der Waals surface area (Å²) in [4.78, 5) is 0. The maximum atomic E-state index is 5.57. The van der Waals surface area contributed by atoms with Crippen LogP contribution >= 0.6 is 0 Å². The lowest BCUT2D eigenvalue weighted by atomic mass is 9.89. The summed E-state index contributed by atoms with van der Waals surface area (Å²) in [5, 5.41) is 0. The predicted molar refractivity (Wildman–Crippen MR) is 46.5 cm³/mol. The average molecular weight is 169 g/mol. The lowest BCUT2D eigenvalue weighted by Gasteiger charge is -2.25. The van der Waals surface area contributed by atoms with Crippen molar-refractivity contribution in [2.24, 2.45) is 5.92 Å². The van der Waals surface area contributed by atoms with Gasteiger partial charge in [-0.1, -0.05) is 19.3 Å². The van der Waals surface area contributed by atoms with E-state index in [2.05, 4.69) is 6.92 Å². The molecule has 0 amide bonds. The van der Waals surface area contributed by atoms with Crippen molar-refractivity contribution in [1.29, 1.82) is 0 Å². The van der Waals surface area contributed by atoms with Gasteiger partial charge in [-0.05, 0) is 19.8 Å². The van der Waals surface area contributed by atoms with Crippen molar-refractivity contribution in [1.82, 2.24) is 0 Å². The number of ether oxygens (including phenoxy) is 2. The molecule has 1 radical (unpaired) electrons. The van der Waals surface area contributed by atoms with Crippen molar-refractivity contribution < 1.29 is 9.47 Å². The van der Waals surface area contributed by atoms with Crippen molar-refractivity contribution in [2.75, 3.05) is 6.61 Å². The molecule has 0 spiro atoms. The van der Waals surface area contributed by atoms with Gasteiger partial charge in [-0.25, -0.2) is 0 Å². The maximum absolute atomic E-state index is 5.57. The van der Waals surface area contributed by atoms with E-state index in [0.717, 1.165) is 0 Å². The van der Waals surface area contributed by atoms with Crippen molar-refractivity contribution in [3.05, 3.63) is 6.92 Å². The number of rotatable bonds is 1. The molecule has 0 aromatic carbocycles. The summed E-state index contributed by atoms with van der Waals surface area (Å²) < 4.78 is 11.1. The molecule has 12 heavy (non-hydrogen) atoms. The van der Waals surface area contributed by atoms with Crippen LogP contribution in [0, 0.1) is 12.8 Å². The van der Waals surface area contributed by atoms with Crippen LogP contribution < -0.4 is 0 Å². The van der Waals surface area contributed by atoms with Gasteiger partial charge < -0.3 is 9.47 Å². The summed E-state index contributed by atoms with van der Waals surface area (Å²) in [5.74, 6) is 0.644. The quantitative estimate of drug-likeness (QED) is 0.598. The Balaban J connectivity index is 1.83. The van der Waals surface area contributed by atoms with Crippen LogP contribution in [-0.2, 0) is 9.47 Å². The van der Waals surface area contributed by atoms with E-state index in [9.17, 15) is 0 Å². The second kappa shape index (κ2) is 3.75. The molecule has 2 fully saturated rings. The normalized spacial score (nSPS) is 38.8. The summed E-state index contributed by atoms with van der Waals surface area (Å²) in [6.45, 7) is 4.52. The number of hydrogen-bond donors (Lipinski definition) is 0. The van der Waals surface area contributed by atoms with Crippen molar-refractivity contribution in [2.45, 2.75) is 44.5 Å². The molecular weight excluding hydrogens is 152 g/mol. The third kappa shape index (κ3) is 1.80. The fourth-order valence-electron chi connectivity index (χ4n) is 2.12. The van der Waals surface area contributed by atoms with Gasteiger partial charge in [0.15, 0.2) is 6.29 Å². The van der Waals surface area contributed by atoms with E-state index >= 15 is 0 Å². The van der Waals surface area contributed by atoms with E-state index in [-0.39, 0.29) is 12.4 Å². The van der Waals surface area contributed by atoms with Gasteiger partial charge in [0.1, 0.15) is 0 Å². The van der Waals surface area contributed by atoms with Crippen LogP contribution in [0.15, 0.2) is 0 Å². The Labute approximate surface area is 74.2 Å². The van der Waals surface area contributed by atoms with Gasteiger partial charge in [0.2, 0.25) is 0 Å². The number of hydrogen-bond acceptors (Lipinski definition) is 2. The topological polar surface area (TPSA) is 18.5 Å². The Kier molecular flexibility index (Phi) is 2.66. The summed E-state index contributed by atoms with van der Waals surface area (Å²) in [6, 6.07) is 0. The highest BCUT2D eigenvalue weighted by molar-refractivity contribution is 4.75. The van der Waals surface area contributed by atoms with E-state index in [1.54, 1.807) is 0 Å². The molecule has 1 saturated heterocycles. The first-order chi connectivity index (χ1) is 5.86. The van der Waals surface area contributed by atoms with Gasteiger partial charge in [0.05, 0.1) is 12.7 Å². The Bertz CT molecular complexity index is 138. The van der Waals surface area contributed by atoms with Crippen LogP contribution in [0.4, 0.5) is 0 Å². The molecule has 1 aliphatic carbocycles. The highest BCUT2D eigenvalue weighted by atomic mass is 16.7. The fourth-order valence-corrected chi connectivity index (χ4v) is 2.12. The minimum Gasteiger partial charge on any atom is -0.350 e. The molecule has 2 heteroatoms. The van der Waals surface area contributed by atoms with Gasteiger partial charge in [0.25, 0.3) is 0 Å². The SMILES string of the molecule is [CH2]C1COC(C2CCCCC2)O1.